The average molecular weight is 454 g/mol. The number of carbonyl (C=O) groups excluding carboxylic acids is 2. The minimum absolute atomic E-state index is 0.0975. The minimum Gasteiger partial charge on any atom is -0.454 e. The third-order valence-corrected chi connectivity index (χ3v) is 6.39. The Bertz CT molecular complexity index is 1180. The van der Waals surface area contributed by atoms with Crippen molar-refractivity contribution >= 4 is 28.8 Å². The van der Waals surface area contributed by atoms with Crippen molar-refractivity contribution in [1.29, 1.82) is 0 Å². The van der Waals surface area contributed by atoms with Crippen LogP contribution in [0.5, 0.6) is 11.5 Å². The van der Waals surface area contributed by atoms with E-state index in [4.69, 9.17) is 9.47 Å². The van der Waals surface area contributed by atoms with Crippen LogP contribution < -0.4 is 14.8 Å². The average Bonchev–Trinajstić information content (AvgIpc) is 3.52. The topological polar surface area (TPSA) is 93.7 Å². The van der Waals surface area contributed by atoms with Crippen LogP contribution in [0.3, 0.4) is 0 Å². The van der Waals surface area contributed by atoms with Crippen LogP contribution in [-0.4, -0.2) is 40.2 Å². The van der Waals surface area contributed by atoms with Crippen molar-refractivity contribution in [2.45, 2.75) is 25.3 Å². The molecular weight excluding hydrogens is 435 g/mol. The van der Waals surface area contributed by atoms with Crippen LogP contribution in [0.4, 0.5) is 10.1 Å². The van der Waals surface area contributed by atoms with Gasteiger partial charge in [-0.1, -0.05) is 23.5 Å². The molecule has 1 aromatic heterocycles. The molecule has 0 radical (unpaired) electrons. The molecule has 1 atom stereocenters. The second-order valence-electron chi connectivity index (χ2n) is 7.52. The van der Waals surface area contributed by atoms with Crippen molar-refractivity contribution in [2.75, 3.05) is 18.7 Å². The van der Waals surface area contributed by atoms with Crippen LogP contribution in [0, 0.1) is 5.82 Å². The molecule has 0 spiro atoms. The van der Waals surface area contributed by atoms with Gasteiger partial charge in [0.1, 0.15) is 10.8 Å². The summed E-state index contributed by atoms with van der Waals surface area (Å²) in [6, 6.07) is 10.9. The number of hydrogen-bond acceptors (Lipinski definition) is 7. The Hall–Kier alpha value is -3.53. The van der Waals surface area contributed by atoms with Gasteiger partial charge in [0.25, 0.3) is 5.91 Å². The zero-order valence-electron chi connectivity index (χ0n) is 16.9. The standard InChI is InChI=1S/C22H19FN4O4S/c23-14-4-1-3-13(9-14)10-19(28)27-8-2-5-16(27)21-25-26-22(32-21)20(29)24-15-6-7-17-18(11-15)31-12-30-17/h1,3-4,6-7,9,11,16H,2,5,8,10,12H2,(H,24,29)/t16-/m1/s1. The molecule has 2 aliphatic heterocycles. The number of ether oxygens (including phenoxy) is 2. The molecule has 0 aliphatic carbocycles. The minimum atomic E-state index is -0.386. The highest BCUT2D eigenvalue weighted by Gasteiger charge is 2.33. The van der Waals surface area contributed by atoms with E-state index in [1.54, 1.807) is 35.2 Å². The number of fused-ring (bicyclic) bond motifs is 1. The van der Waals surface area contributed by atoms with Crippen LogP contribution in [0.2, 0.25) is 0 Å². The molecule has 5 rings (SSSR count). The lowest BCUT2D eigenvalue weighted by Crippen LogP contribution is -2.31. The highest BCUT2D eigenvalue weighted by molar-refractivity contribution is 7.13. The van der Waals surface area contributed by atoms with Crippen LogP contribution in [0.25, 0.3) is 0 Å². The van der Waals surface area contributed by atoms with E-state index in [9.17, 15) is 14.0 Å². The number of likely N-dealkylation sites (tertiary alicyclic amines) is 1. The molecule has 3 heterocycles. The van der Waals surface area contributed by atoms with E-state index in [2.05, 4.69) is 15.5 Å². The number of nitrogens with one attached hydrogen (secondary N) is 1. The van der Waals surface area contributed by atoms with Crippen molar-refractivity contribution in [3.8, 4) is 11.5 Å². The summed E-state index contributed by atoms with van der Waals surface area (Å²) in [6.45, 7) is 0.749. The Balaban J connectivity index is 1.26. The number of anilines is 1. The number of rotatable bonds is 5. The summed E-state index contributed by atoms with van der Waals surface area (Å²) in [7, 11) is 0. The van der Waals surface area contributed by atoms with E-state index >= 15 is 0 Å². The molecule has 1 fully saturated rings. The molecule has 0 saturated carbocycles. The van der Waals surface area contributed by atoms with Gasteiger partial charge in [0, 0.05) is 18.3 Å². The van der Waals surface area contributed by atoms with Gasteiger partial charge < -0.3 is 19.7 Å². The lowest BCUT2D eigenvalue weighted by molar-refractivity contribution is -0.131. The molecule has 1 saturated heterocycles. The van der Waals surface area contributed by atoms with Crippen LogP contribution in [0.1, 0.15) is 39.3 Å². The Morgan fingerprint density at radius 2 is 2.03 bits per heavy atom. The molecule has 0 unspecified atom stereocenters. The van der Waals surface area contributed by atoms with Gasteiger partial charge in [0.15, 0.2) is 11.5 Å². The number of carbonyl (C=O) groups is 2. The third-order valence-electron chi connectivity index (χ3n) is 5.37. The third kappa shape index (κ3) is 4.13. The van der Waals surface area contributed by atoms with Crippen LogP contribution >= 0.6 is 11.3 Å². The molecular formula is C22H19FN4O4S. The molecule has 10 heteroatoms. The second-order valence-corrected chi connectivity index (χ2v) is 8.53. The largest absolute Gasteiger partial charge is 0.454 e. The number of benzene rings is 2. The molecule has 32 heavy (non-hydrogen) atoms. The van der Waals surface area contributed by atoms with Crippen LogP contribution in [-0.2, 0) is 11.2 Å². The first-order chi connectivity index (χ1) is 15.6. The maximum absolute atomic E-state index is 13.4. The zero-order chi connectivity index (χ0) is 22.1. The first kappa shape index (κ1) is 20.4. The zero-order valence-corrected chi connectivity index (χ0v) is 17.7. The Morgan fingerprint density at radius 3 is 2.91 bits per heavy atom. The highest BCUT2D eigenvalue weighted by Crippen LogP contribution is 2.36. The van der Waals surface area contributed by atoms with E-state index in [1.165, 1.54) is 23.5 Å². The van der Waals surface area contributed by atoms with Gasteiger partial charge >= 0.3 is 0 Å². The van der Waals surface area contributed by atoms with Crippen molar-refractivity contribution in [2.24, 2.45) is 0 Å². The van der Waals surface area contributed by atoms with Crippen LogP contribution in [0.15, 0.2) is 42.5 Å². The van der Waals surface area contributed by atoms with E-state index in [-0.39, 0.29) is 41.9 Å². The Morgan fingerprint density at radius 1 is 1.16 bits per heavy atom. The summed E-state index contributed by atoms with van der Waals surface area (Å²) in [6.07, 6.45) is 1.69. The molecule has 8 nitrogen and oxygen atoms in total. The molecule has 2 aliphatic rings. The van der Waals surface area contributed by atoms with Crippen molar-refractivity contribution in [3.05, 3.63) is 63.9 Å². The predicted octanol–water partition coefficient (Wildman–Crippen LogP) is 3.56. The Kier molecular flexibility index (Phi) is 5.44. The normalized spacial score (nSPS) is 16.9. The first-order valence-electron chi connectivity index (χ1n) is 10.1. The van der Waals surface area contributed by atoms with E-state index in [0.717, 1.165) is 12.8 Å². The van der Waals surface area contributed by atoms with E-state index in [0.29, 0.717) is 34.3 Å². The lowest BCUT2D eigenvalue weighted by atomic mass is 10.1. The van der Waals surface area contributed by atoms with Gasteiger partial charge in [0.2, 0.25) is 17.7 Å². The fourth-order valence-corrected chi connectivity index (χ4v) is 4.75. The molecule has 3 aromatic rings. The summed E-state index contributed by atoms with van der Waals surface area (Å²) >= 11 is 1.17. The fourth-order valence-electron chi connectivity index (χ4n) is 3.86. The number of nitrogens with zero attached hydrogens (tertiary/aromatic N) is 3. The quantitative estimate of drug-likeness (QED) is 0.634. The van der Waals surface area contributed by atoms with Gasteiger partial charge in [-0.25, -0.2) is 4.39 Å². The summed E-state index contributed by atoms with van der Waals surface area (Å²) in [5.74, 6) is 0.350. The second kappa shape index (κ2) is 8.54. The number of halogens is 1. The van der Waals surface area contributed by atoms with Gasteiger partial charge in [-0.15, -0.1) is 10.2 Å². The van der Waals surface area contributed by atoms with E-state index < -0.39 is 0 Å². The first-order valence-corrected chi connectivity index (χ1v) is 11.0. The molecule has 2 amide bonds. The van der Waals surface area contributed by atoms with Crippen molar-refractivity contribution in [3.63, 3.8) is 0 Å². The Labute approximate surface area is 187 Å². The smallest absolute Gasteiger partial charge is 0.286 e. The van der Waals surface area contributed by atoms with Gasteiger partial charge in [-0.2, -0.15) is 0 Å². The van der Waals surface area contributed by atoms with Gasteiger partial charge in [0.05, 0.1) is 12.5 Å². The lowest BCUT2D eigenvalue weighted by Gasteiger charge is -2.22. The fraction of sp³-hybridized carbons (Fsp3) is 0.273. The SMILES string of the molecule is O=C(Nc1ccc2c(c1)OCO2)c1nnc([C@H]2CCCN2C(=O)Cc2cccc(F)c2)s1. The summed E-state index contributed by atoms with van der Waals surface area (Å²) in [5.41, 5.74) is 1.19. The summed E-state index contributed by atoms with van der Waals surface area (Å²) in [4.78, 5) is 27.2. The summed E-state index contributed by atoms with van der Waals surface area (Å²) in [5, 5.41) is 11.8. The molecule has 0 bridgehead atoms. The number of amides is 2. The molecule has 1 N–H and O–H groups in total. The van der Waals surface area contributed by atoms with Crippen molar-refractivity contribution < 1.29 is 23.5 Å². The highest BCUT2D eigenvalue weighted by atomic mass is 32.1. The van der Waals surface area contributed by atoms with Crippen molar-refractivity contribution in [1.82, 2.24) is 15.1 Å². The predicted molar refractivity (Wildman–Crippen MR) is 114 cm³/mol. The van der Waals surface area contributed by atoms with Gasteiger partial charge in [-0.05, 0) is 42.7 Å². The molecule has 164 valence electrons. The number of aromatic nitrogens is 2. The van der Waals surface area contributed by atoms with E-state index in [1.807, 2.05) is 0 Å². The molecule has 2 aromatic carbocycles. The number of hydrogen-bond donors (Lipinski definition) is 1. The maximum atomic E-state index is 13.4. The summed E-state index contributed by atoms with van der Waals surface area (Å²) < 4.78 is 24.0. The maximum Gasteiger partial charge on any atom is 0.286 e. The van der Waals surface area contributed by atoms with Gasteiger partial charge in [-0.3, -0.25) is 9.59 Å². The monoisotopic (exact) mass is 454 g/mol.